The van der Waals surface area contributed by atoms with Gasteiger partial charge in [0.15, 0.2) is 0 Å². The Kier molecular flexibility index (Phi) is 5.40. The summed E-state index contributed by atoms with van der Waals surface area (Å²) in [6.07, 6.45) is 4.51. The number of para-hydroxylation sites is 1. The highest BCUT2D eigenvalue weighted by molar-refractivity contribution is 8.01. The third kappa shape index (κ3) is 3.79. The van der Waals surface area contributed by atoms with Crippen LogP contribution in [0, 0.1) is 0 Å². The molecule has 10 rings (SSSR count). The van der Waals surface area contributed by atoms with Crippen LogP contribution in [0.4, 0.5) is 5.69 Å². The highest BCUT2D eigenvalue weighted by Gasteiger charge is 2.33. The largest absolute Gasteiger partial charge is 0.456 e. The minimum Gasteiger partial charge on any atom is -0.456 e. The number of furan rings is 1. The van der Waals surface area contributed by atoms with Crippen LogP contribution in [0.15, 0.2) is 143 Å². The molecule has 0 saturated carbocycles. The lowest BCUT2D eigenvalue weighted by molar-refractivity contribution is 0.668. The smallest absolute Gasteiger partial charge is 0.136 e. The molecule has 3 heterocycles. The van der Waals surface area contributed by atoms with Crippen LogP contribution in [0.25, 0.3) is 66.0 Å². The summed E-state index contributed by atoms with van der Waals surface area (Å²) in [6, 6.07) is 45.8. The maximum Gasteiger partial charge on any atom is 0.136 e. The summed E-state index contributed by atoms with van der Waals surface area (Å²) in [5.74, 6) is 0. The van der Waals surface area contributed by atoms with Gasteiger partial charge < -0.3 is 14.3 Å². The van der Waals surface area contributed by atoms with Gasteiger partial charge in [-0.3, -0.25) is 0 Å². The standard InChI is InChI=1S/C41H28N2OS/c1-3-10-25(11-4-1)28-18-19-30-37(24-28)44-36-21-20-33-40(39(30)36)45-41(42-33)31-16-9-17-34-38(31)32-22-26-12-7-8-13-27(26)23-35(32)43(34)29-14-5-2-6-15-29/h1-8,10-16,18-24,41-42H,9,17H2. The maximum atomic E-state index is 6.47. The predicted molar refractivity (Wildman–Crippen MR) is 190 cm³/mol. The van der Waals surface area contributed by atoms with Crippen LogP contribution in [0.5, 0.6) is 0 Å². The molecule has 1 N–H and O–H groups in total. The number of hydrogen-bond donors (Lipinski definition) is 1. The Morgan fingerprint density at radius 2 is 1.47 bits per heavy atom. The van der Waals surface area contributed by atoms with Crippen molar-refractivity contribution in [3.8, 4) is 16.8 Å². The minimum absolute atomic E-state index is 0.111. The molecule has 0 fully saturated rings. The van der Waals surface area contributed by atoms with Gasteiger partial charge >= 0.3 is 0 Å². The monoisotopic (exact) mass is 596 g/mol. The van der Waals surface area contributed by atoms with Crippen molar-refractivity contribution in [3.63, 3.8) is 0 Å². The summed E-state index contributed by atoms with van der Waals surface area (Å²) in [7, 11) is 0. The lowest BCUT2D eigenvalue weighted by Crippen LogP contribution is -2.16. The summed E-state index contributed by atoms with van der Waals surface area (Å²) < 4.78 is 8.97. The highest BCUT2D eigenvalue weighted by atomic mass is 32.2. The van der Waals surface area contributed by atoms with E-state index in [-0.39, 0.29) is 5.37 Å². The van der Waals surface area contributed by atoms with Crippen LogP contribution in [-0.2, 0) is 6.42 Å². The molecule has 0 amide bonds. The molecule has 1 unspecified atom stereocenters. The average Bonchev–Trinajstić information content (AvgIpc) is 3.79. The van der Waals surface area contributed by atoms with Crippen molar-refractivity contribution in [2.75, 3.05) is 5.32 Å². The normalized spacial score (nSPS) is 15.8. The molecule has 1 aliphatic heterocycles. The van der Waals surface area contributed by atoms with Gasteiger partial charge in [-0.05, 0) is 88.8 Å². The molecule has 3 nitrogen and oxygen atoms in total. The zero-order valence-electron chi connectivity index (χ0n) is 24.5. The van der Waals surface area contributed by atoms with E-state index in [0.29, 0.717) is 0 Å². The summed E-state index contributed by atoms with van der Waals surface area (Å²) in [5, 5.41) is 10.3. The lowest BCUT2D eigenvalue weighted by Gasteiger charge is -2.22. The van der Waals surface area contributed by atoms with Crippen LogP contribution in [0.3, 0.4) is 0 Å². The van der Waals surface area contributed by atoms with Crippen molar-refractivity contribution in [1.82, 2.24) is 4.57 Å². The topological polar surface area (TPSA) is 30.1 Å². The van der Waals surface area contributed by atoms with Gasteiger partial charge in [0.1, 0.15) is 16.5 Å². The van der Waals surface area contributed by atoms with E-state index >= 15 is 0 Å². The van der Waals surface area contributed by atoms with Crippen LogP contribution in [-0.4, -0.2) is 9.94 Å². The van der Waals surface area contributed by atoms with Crippen LogP contribution in [0.2, 0.25) is 0 Å². The molecule has 0 radical (unpaired) electrons. The SMILES string of the molecule is C1=C(C2Nc3ccc4oc5cc(-c6ccccc6)ccc5c4c3S2)c2c(n(-c3ccccc3)c3cc4ccccc4cc23)CC1. The fraction of sp³-hybridized carbons (Fsp3) is 0.0732. The number of hydrogen-bond acceptors (Lipinski definition) is 3. The molecule has 0 spiro atoms. The van der Waals surface area contributed by atoms with Gasteiger partial charge in [-0.15, -0.1) is 0 Å². The van der Waals surface area contributed by atoms with E-state index in [9.17, 15) is 0 Å². The fourth-order valence-electron chi connectivity index (χ4n) is 7.47. The summed E-state index contributed by atoms with van der Waals surface area (Å²) >= 11 is 1.92. The molecule has 45 heavy (non-hydrogen) atoms. The first kappa shape index (κ1) is 25.2. The van der Waals surface area contributed by atoms with Crippen molar-refractivity contribution in [1.29, 1.82) is 0 Å². The highest BCUT2D eigenvalue weighted by Crippen LogP contribution is 2.52. The van der Waals surface area contributed by atoms with E-state index in [0.717, 1.165) is 24.0 Å². The van der Waals surface area contributed by atoms with Crippen molar-refractivity contribution in [2.24, 2.45) is 0 Å². The van der Waals surface area contributed by atoms with Crippen molar-refractivity contribution < 1.29 is 4.42 Å². The van der Waals surface area contributed by atoms with E-state index < -0.39 is 0 Å². The van der Waals surface area contributed by atoms with Gasteiger partial charge in [-0.1, -0.05) is 96.7 Å². The molecular formula is C41H28N2OS. The number of benzene rings is 6. The lowest BCUT2D eigenvalue weighted by atomic mass is 9.93. The van der Waals surface area contributed by atoms with Crippen LogP contribution in [0.1, 0.15) is 17.7 Å². The number of nitrogens with zero attached hydrogens (tertiary/aromatic N) is 1. The molecule has 6 aromatic carbocycles. The van der Waals surface area contributed by atoms with Crippen molar-refractivity contribution in [2.45, 2.75) is 23.1 Å². The van der Waals surface area contributed by atoms with Gasteiger partial charge in [0.05, 0.1) is 5.52 Å². The number of anilines is 1. The zero-order valence-corrected chi connectivity index (χ0v) is 25.3. The number of thioether (sulfide) groups is 1. The first-order valence-electron chi connectivity index (χ1n) is 15.6. The second-order valence-electron chi connectivity index (χ2n) is 12.0. The minimum atomic E-state index is 0.111. The molecule has 0 saturated heterocycles. The Hall–Kier alpha value is -5.19. The molecular weight excluding hydrogens is 569 g/mol. The third-order valence-electron chi connectivity index (χ3n) is 9.48. The molecule has 0 bridgehead atoms. The van der Waals surface area contributed by atoms with E-state index in [1.165, 1.54) is 76.7 Å². The molecule has 1 atom stereocenters. The molecule has 2 aromatic heterocycles. The molecule has 2 aliphatic rings. The van der Waals surface area contributed by atoms with E-state index in [4.69, 9.17) is 4.42 Å². The first-order chi connectivity index (χ1) is 22.3. The third-order valence-corrected chi connectivity index (χ3v) is 10.8. The fourth-order valence-corrected chi connectivity index (χ4v) is 8.82. The zero-order chi connectivity index (χ0) is 29.5. The van der Waals surface area contributed by atoms with E-state index in [2.05, 4.69) is 143 Å². The number of nitrogens with one attached hydrogen (secondary N) is 1. The van der Waals surface area contributed by atoms with Gasteiger partial charge in [0.25, 0.3) is 0 Å². The Labute approximate surface area is 264 Å². The van der Waals surface area contributed by atoms with Gasteiger partial charge in [0.2, 0.25) is 0 Å². The number of aromatic nitrogens is 1. The summed E-state index contributed by atoms with van der Waals surface area (Å²) in [5.41, 5.74) is 12.1. The summed E-state index contributed by atoms with van der Waals surface area (Å²) in [6.45, 7) is 0. The van der Waals surface area contributed by atoms with Gasteiger partial charge in [-0.25, -0.2) is 0 Å². The Bertz CT molecular complexity index is 2490. The van der Waals surface area contributed by atoms with E-state index in [1.54, 1.807) is 0 Å². The second-order valence-corrected chi connectivity index (χ2v) is 13.2. The molecule has 8 aromatic rings. The van der Waals surface area contributed by atoms with Crippen LogP contribution >= 0.6 is 11.8 Å². The Morgan fingerprint density at radius 3 is 2.31 bits per heavy atom. The maximum absolute atomic E-state index is 6.47. The van der Waals surface area contributed by atoms with Gasteiger partial charge in [-0.2, -0.15) is 0 Å². The number of rotatable bonds is 3. The number of allylic oxidation sites excluding steroid dienone is 1. The van der Waals surface area contributed by atoms with E-state index in [1.807, 2.05) is 11.8 Å². The predicted octanol–water partition coefficient (Wildman–Crippen LogP) is 11.2. The Morgan fingerprint density at radius 1 is 0.689 bits per heavy atom. The number of fused-ring (bicyclic) bond motifs is 9. The molecule has 214 valence electrons. The second kappa shape index (κ2) is 9.65. The first-order valence-corrected chi connectivity index (χ1v) is 16.5. The van der Waals surface area contributed by atoms with Crippen molar-refractivity contribution in [3.05, 3.63) is 145 Å². The quantitative estimate of drug-likeness (QED) is 0.220. The van der Waals surface area contributed by atoms with Crippen LogP contribution < -0.4 is 5.32 Å². The van der Waals surface area contributed by atoms with Gasteiger partial charge in [0, 0.05) is 43.7 Å². The molecule has 4 heteroatoms. The van der Waals surface area contributed by atoms with Crippen molar-refractivity contribution >= 4 is 66.6 Å². The average molecular weight is 597 g/mol. The Balaban J connectivity index is 1.12. The molecule has 1 aliphatic carbocycles. The summed E-state index contributed by atoms with van der Waals surface area (Å²) in [4.78, 5) is 1.27.